The van der Waals surface area contributed by atoms with Crippen LogP contribution in [-0.2, 0) is 11.0 Å². The van der Waals surface area contributed by atoms with Crippen molar-refractivity contribution in [3.63, 3.8) is 0 Å². The molecule has 1 amide bonds. The first-order valence-corrected chi connectivity index (χ1v) is 8.92. The number of thioether (sulfide) groups is 1. The molecule has 0 fully saturated rings. The fraction of sp³-hybridized carbons (Fsp3) is 0.167. The number of methoxy groups -OCH3 is 1. The standard InChI is InChI=1S/C18H14F3N3O3S/c1-26-12-6-4-5-11(9-12)16-23-24-17(27-16)28-10-15(25)22-14-8-3-2-7-13(14)18(19,20)21/h2-9H,10H2,1H3,(H,22,25). The van der Waals surface area contributed by atoms with E-state index in [1.54, 1.807) is 24.3 Å². The molecule has 1 aromatic heterocycles. The highest BCUT2D eigenvalue weighted by Crippen LogP contribution is 2.34. The minimum Gasteiger partial charge on any atom is -0.497 e. The molecule has 1 heterocycles. The van der Waals surface area contributed by atoms with E-state index in [4.69, 9.17) is 9.15 Å². The maximum atomic E-state index is 13.0. The number of carbonyl (C=O) groups is 1. The second-order valence-corrected chi connectivity index (χ2v) is 6.41. The Morgan fingerprint density at radius 3 is 2.71 bits per heavy atom. The number of alkyl halides is 3. The van der Waals surface area contributed by atoms with Gasteiger partial charge < -0.3 is 14.5 Å². The Kier molecular flexibility index (Phi) is 5.88. The number of para-hydroxylation sites is 1. The molecule has 28 heavy (non-hydrogen) atoms. The third kappa shape index (κ3) is 4.83. The summed E-state index contributed by atoms with van der Waals surface area (Å²) in [4.78, 5) is 12.0. The molecule has 0 aliphatic carbocycles. The Hall–Kier alpha value is -3.01. The number of aromatic nitrogens is 2. The summed E-state index contributed by atoms with van der Waals surface area (Å²) in [6.45, 7) is 0. The summed E-state index contributed by atoms with van der Waals surface area (Å²) in [5, 5.41) is 10.1. The summed E-state index contributed by atoms with van der Waals surface area (Å²) < 4.78 is 49.5. The van der Waals surface area contributed by atoms with Crippen molar-refractivity contribution in [2.24, 2.45) is 0 Å². The Morgan fingerprint density at radius 1 is 1.18 bits per heavy atom. The molecule has 10 heteroatoms. The van der Waals surface area contributed by atoms with Crippen molar-refractivity contribution in [1.29, 1.82) is 0 Å². The van der Waals surface area contributed by atoms with Crippen molar-refractivity contribution in [2.45, 2.75) is 11.4 Å². The zero-order valence-electron chi connectivity index (χ0n) is 14.5. The van der Waals surface area contributed by atoms with Gasteiger partial charge in [0.15, 0.2) is 0 Å². The molecule has 2 aromatic carbocycles. The zero-order chi connectivity index (χ0) is 20.1. The first kappa shape index (κ1) is 19.7. The lowest BCUT2D eigenvalue weighted by atomic mass is 10.1. The number of amides is 1. The molecule has 3 aromatic rings. The fourth-order valence-electron chi connectivity index (χ4n) is 2.29. The summed E-state index contributed by atoms with van der Waals surface area (Å²) in [6, 6.07) is 11.8. The smallest absolute Gasteiger partial charge is 0.418 e. The van der Waals surface area contributed by atoms with Crippen molar-refractivity contribution in [2.75, 3.05) is 18.2 Å². The van der Waals surface area contributed by atoms with Gasteiger partial charge in [0.2, 0.25) is 11.8 Å². The number of anilines is 1. The summed E-state index contributed by atoms with van der Waals surface area (Å²) >= 11 is 0.922. The highest BCUT2D eigenvalue weighted by Gasteiger charge is 2.33. The van der Waals surface area contributed by atoms with Crippen molar-refractivity contribution in [1.82, 2.24) is 10.2 Å². The van der Waals surface area contributed by atoms with Crippen molar-refractivity contribution in [3.8, 4) is 17.2 Å². The van der Waals surface area contributed by atoms with Crippen LogP contribution in [0.4, 0.5) is 18.9 Å². The van der Waals surface area contributed by atoms with Gasteiger partial charge in [-0.1, -0.05) is 30.0 Å². The average molecular weight is 409 g/mol. The van der Waals surface area contributed by atoms with Crippen LogP contribution >= 0.6 is 11.8 Å². The van der Waals surface area contributed by atoms with E-state index in [1.807, 2.05) is 0 Å². The molecular weight excluding hydrogens is 395 g/mol. The normalized spacial score (nSPS) is 11.3. The number of rotatable bonds is 6. The predicted octanol–water partition coefficient (Wildman–Crippen LogP) is 4.49. The maximum Gasteiger partial charge on any atom is 0.418 e. The molecule has 0 radical (unpaired) electrons. The van der Waals surface area contributed by atoms with Crippen LogP contribution in [0.1, 0.15) is 5.56 Å². The first-order chi connectivity index (χ1) is 13.4. The van der Waals surface area contributed by atoms with Crippen LogP contribution in [0.15, 0.2) is 58.2 Å². The average Bonchev–Trinajstić information content (AvgIpc) is 3.15. The molecule has 146 valence electrons. The van der Waals surface area contributed by atoms with Gasteiger partial charge in [0.1, 0.15) is 5.75 Å². The second kappa shape index (κ2) is 8.34. The van der Waals surface area contributed by atoms with E-state index in [-0.39, 0.29) is 22.6 Å². The highest BCUT2D eigenvalue weighted by atomic mass is 32.2. The van der Waals surface area contributed by atoms with Crippen LogP contribution in [0.25, 0.3) is 11.5 Å². The largest absolute Gasteiger partial charge is 0.497 e. The molecule has 1 N–H and O–H groups in total. The van der Waals surface area contributed by atoms with E-state index in [2.05, 4.69) is 15.5 Å². The minimum absolute atomic E-state index is 0.122. The SMILES string of the molecule is COc1cccc(-c2nnc(SCC(=O)Nc3ccccc3C(F)(F)F)o2)c1. The molecule has 0 saturated carbocycles. The molecule has 0 unspecified atom stereocenters. The van der Waals surface area contributed by atoms with E-state index in [1.165, 1.54) is 25.3 Å². The van der Waals surface area contributed by atoms with Crippen molar-refractivity contribution < 1.29 is 27.1 Å². The van der Waals surface area contributed by atoms with Crippen molar-refractivity contribution >= 4 is 23.4 Å². The Morgan fingerprint density at radius 2 is 1.96 bits per heavy atom. The molecule has 0 aliphatic rings. The van der Waals surface area contributed by atoms with Crippen molar-refractivity contribution in [3.05, 3.63) is 54.1 Å². The van der Waals surface area contributed by atoms with Crippen LogP contribution in [0.5, 0.6) is 5.75 Å². The van der Waals surface area contributed by atoms with Crippen LogP contribution in [0, 0.1) is 0 Å². The summed E-state index contributed by atoms with van der Waals surface area (Å²) in [5.41, 5.74) is -0.572. The minimum atomic E-state index is -4.56. The number of ether oxygens (including phenoxy) is 1. The fourth-order valence-corrected chi connectivity index (χ4v) is 2.86. The predicted molar refractivity (Wildman–Crippen MR) is 97.1 cm³/mol. The molecule has 3 rings (SSSR count). The van der Waals surface area contributed by atoms with E-state index in [0.29, 0.717) is 11.3 Å². The van der Waals surface area contributed by atoms with Gasteiger partial charge in [-0.3, -0.25) is 4.79 Å². The zero-order valence-corrected chi connectivity index (χ0v) is 15.3. The van der Waals surface area contributed by atoms with Gasteiger partial charge in [-0.15, -0.1) is 10.2 Å². The van der Waals surface area contributed by atoms with E-state index >= 15 is 0 Å². The van der Waals surface area contributed by atoms with Gasteiger partial charge in [-0.05, 0) is 30.3 Å². The lowest BCUT2D eigenvalue weighted by Crippen LogP contribution is -2.18. The third-order valence-electron chi connectivity index (χ3n) is 3.56. The number of carbonyl (C=O) groups excluding carboxylic acids is 1. The van der Waals surface area contributed by atoms with E-state index in [9.17, 15) is 18.0 Å². The van der Waals surface area contributed by atoms with E-state index < -0.39 is 17.6 Å². The molecule has 0 spiro atoms. The molecular formula is C18H14F3N3O3S. The van der Waals surface area contributed by atoms with Gasteiger partial charge in [0.25, 0.3) is 5.22 Å². The number of nitrogens with zero attached hydrogens (tertiary/aromatic N) is 2. The number of hydrogen-bond acceptors (Lipinski definition) is 6. The summed E-state index contributed by atoms with van der Waals surface area (Å²) in [7, 11) is 1.53. The van der Waals surface area contributed by atoms with Gasteiger partial charge in [-0.25, -0.2) is 0 Å². The van der Waals surface area contributed by atoms with E-state index in [0.717, 1.165) is 17.8 Å². The third-order valence-corrected chi connectivity index (χ3v) is 4.37. The number of halogens is 3. The summed E-state index contributed by atoms with van der Waals surface area (Å²) in [6.07, 6.45) is -4.56. The lowest BCUT2D eigenvalue weighted by Gasteiger charge is -2.13. The summed E-state index contributed by atoms with van der Waals surface area (Å²) in [5.74, 6) is 0.0472. The van der Waals surface area contributed by atoms with Gasteiger partial charge in [0, 0.05) is 5.56 Å². The number of benzene rings is 2. The molecule has 0 atom stereocenters. The molecule has 6 nitrogen and oxygen atoms in total. The van der Waals surface area contributed by atoms with Gasteiger partial charge >= 0.3 is 6.18 Å². The molecule has 0 aliphatic heterocycles. The topological polar surface area (TPSA) is 77.2 Å². The number of hydrogen-bond donors (Lipinski definition) is 1. The van der Waals surface area contributed by atoms with Crippen LogP contribution in [-0.4, -0.2) is 29.0 Å². The molecule has 0 bridgehead atoms. The Bertz CT molecular complexity index is 976. The van der Waals surface area contributed by atoms with Gasteiger partial charge in [0.05, 0.1) is 24.1 Å². The first-order valence-electron chi connectivity index (χ1n) is 7.93. The number of nitrogens with one attached hydrogen (secondary N) is 1. The van der Waals surface area contributed by atoms with Crippen LogP contribution in [0.3, 0.4) is 0 Å². The van der Waals surface area contributed by atoms with Crippen LogP contribution < -0.4 is 10.1 Å². The quantitative estimate of drug-likeness (QED) is 0.605. The maximum absolute atomic E-state index is 13.0. The van der Waals surface area contributed by atoms with Crippen LogP contribution in [0.2, 0.25) is 0 Å². The van der Waals surface area contributed by atoms with Gasteiger partial charge in [-0.2, -0.15) is 13.2 Å². The highest BCUT2D eigenvalue weighted by molar-refractivity contribution is 7.99. The Labute approximate surface area is 162 Å². The Balaban J connectivity index is 1.62. The monoisotopic (exact) mass is 409 g/mol. The second-order valence-electron chi connectivity index (χ2n) is 5.49. The molecule has 0 saturated heterocycles. The lowest BCUT2D eigenvalue weighted by molar-refractivity contribution is -0.137.